The van der Waals surface area contributed by atoms with Crippen LogP contribution >= 0.6 is 0 Å². The number of benzene rings is 2. The fourth-order valence-corrected chi connectivity index (χ4v) is 5.27. The molecule has 1 aliphatic heterocycles. The Labute approximate surface area is 199 Å². The third-order valence-corrected chi connectivity index (χ3v) is 7.26. The van der Waals surface area contributed by atoms with E-state index < -0.39 is 0 Å². The summed E-state index contributed by atoms with van der Waals surface area (Å²) in [5.74, 6) is 2.56. The molecule has 7 heteroatoms. The molecule has 1 fully saturated rings. The number of nitrogens with zero attached hydrogens (tertiary/aromatic N) is 4. The fourth-order valence-electron chi connectivity index (χ4n) is 5.27. The van der Waals surface area contributed by atoms with E-state index in [2.05, 4.69) is 40.4 Å². The van der Waals surface area contributed by atoms with Gasteiger partial charge < -0.3 is 24.5 Å². The molecule has 1 saturated carbocycles. The highest BCUT2D eigenvalue weighted by atomic mass is 16.5. The summed E-state index contributed by atoms with van der Waals surface area (Å²) in [5, 5.41) is 1.18. The topological polar surface area (TPSA) is 78.3 Å². The second-order valence-corrected chi connectivity index (χ2v) is 9.98. The lowest BCUT2D eigenvalue weighted by atomic mass is 9.97. The molecule has 1 amide bonds. The van der Waals surface area contributed by atoms with Crippen molar-refractivity contribution in [3.63, 3.8) is 0 Å². The molecule has 1 aliphatic carbocycles. The van der Waals surface area contributed by atoms with Crippen molar-refractivity contribution in [2.75, 3.05) is 20.2 Å². The van der Waals surface area contributed by atoms with Crippen LogP contribution in [-0.4, -0.2) is 51.2 Å². The Hall–Kier alpha value is -3.32. The molecule has 176 valence electrons. The van der Waals surface area contributed by atoms with Gasteiger partial charge in [-0.05, 0) is 68.0 Å². The number of amides is 1. The molecule has 2 aliphatic rings. The van der Waals surface area contributed by atoms with Crippen molar-refractivity contribution in [2.24, 2.45) is 18.7 Å². The zero-order chi connectivity index (χ0) is 23.6. The van der Waals surface area contributed by atoms with Gasteiger partial charge in [0.05, 0.1) is 29.4 Å². The predicted octanol–water partition coefficient (Wildman–Crippen LogP) is 3.96. The van der Waals surface area contributed by atoms with Crippen LogP contribution in [0.5, 0.6) is 5.75 Å². The monoisotopic (exact) mass is 457 g/mol. The van der Waals surface area contributed by atoms with E-state index in [1.807, 2.05) is 24.0 Å². The SMILES string of the molecule is COc1ccc2cc(-c3nc4cc5c(cc4n3C)CCN(CC(C)N)C5=O)n(CC3CC3)c2c1. The molecule has 6 rings (SSSR count). The minimum absolute atomic E-state index is 0.0392. The minimum atomic E-state index is -0.0392. The summed E-state index contributed by atoms with van der Waals surface area (Å²) in [4.78, 5) is 20.1. The molecule has 2 N–H and O–H groups in total. The van der Waals surface area contributed by atoms with Crippen LogP contribution in [0, 0.1) is 5.92 Å². The van der Waals surface area contributed by atoms with Gasteiger partial charge in [0.2, 0.25) is 0 Å². The van der Waals surface area contributed by atoms with E-state index in [9.17, 15) is 4.79 Å². The number of ether oxygens (including phenoxy) is 1. The molecule has 1 atom stereocenters. The fraction of sp³-hybridized carbons (Fsp3) is 0.407. The van der Waals surface area contributed by atoms with E-state index in [-0.39, 0.29) is 11.9 Å². The van der Waals surface area contributed by atoms with Crippen LogP contribution in [0.1, 0.15) is 35.7 Å². The van der Waals surface area contributed by atoms with Gasteiger partial charge in [-0.2, -0.15) is 0 Å². The summed E-state index contributed by atoms with van der Waals surface area (Å²) >= 11 is 0. The molecule has 1 unspecified atom stereocenters. The lowest BCUT2D eigenvalue weighted by molar-refractivity contribution is 0.0732. The van der Waals surface area contributed by atoms with E-state index in [0.717, 1.165) is 58.3 Å². The van der Waals surface area contributed by atoms with Gasteiger partial charge in [-0.3, -0.25) is 4.79 Å². The van der Waals surface area contributed by atoms with E-state index >= 15 is 0 Å². The molecule has 0 saturated heterocycles. The van der Waals surface area contributed by atoms with Crippen LogP contribution in [-0.2, 0) is 20.0 Å². The van der Waals surface area contributed by atoms with E-state index in [1.54, 1.807) is 7.11 Å². The second-order valence-electron chi connectivity index (χ2n) is 9.98. The lowest BCUT2D eigenvalue weighted by Crippen LogP contribution is -2.43. The molecule has 0 bridgehead atoms. The molecule has 2 aromatic carbocycles. The Bertz CT molecular complexity index is 1430. The Kier molecular flexibility index (Phi) is 4.92. The summed E-state index contributed by atoms with van der Waals surface area (Å²) in [6, 6.07) is 12.6. The number of imidazole rings is 1. The van der Waals surface area contributed by atoms with Crippen molar-refractivity contribution in [1.29, 1.82) is 0 Å². The summed E-state index contributed by atoms with van der Waals surface area (Å²) in [6.45, 7) is 4.21. The first-order chi connectivity index (χ1) is 16.4. The number of hydrogen-bond acceptors (Lipinski definition) is 4. The second kappa shape index (κ2) is 7.87. The maximum Gasteiger partial charge on any atom is 0.254 e. The number of rotatable bonds is 6. The molecule has 4 aromatic rings. The van der Waals surface area contributed by atoms with Crippen LogP contribution in [0.4, 0.5) is 0 Å². The van der Waals surface area contributed by atoms with Crippen molar-refractivity contribution >= 4 is 27.8 Å². The van der Waals surface area contributed by atoms with Crippen molar-refractivity contribution < 1.29 is 9.53 Å². The van der Waals surface area contributed by atoms with E-state index in [4.69, 9.17) is 15.5 Å². The Morgan fingerprint density at radius 2 is 2.00 bits per heavy atom. The minimum Gasteiger partial charge on any atom is -0.497 e. The number of methoxy groups -OCH3 is 1. The molecular formula is C27H31N5O2. The molecule has 3 heterocycles. The number of aryl methyl sites for hydroxylation is 1. The number of fused-ring (bicyclic) bond motifs is 3. The normalized spacial score (nSPS) is 16.9. The van der Waals surface area contributed by atoms with Crippen LogP contribution in [0.15, 0.2) is 36.4 Å². The Morgan fingerprint density at radius 3 is 2.74 bits per heavy atom. The predicted molar refractivity (Wildman–Crippen MR) is 134 cm³/mol. The molecule has 2 aromatic heterocycles. The van der Waals surface area contributed by atoms with Gasteiger partial charge in [-0.1, -0.05) is 0 Å². The number of nitrogens with two attached hydrogens (primary N) is 1. The molecule has 0 radical (unpaired) electrons. The highest BCUT2D eigenvalue weighted by Crippen LogP contribution is 2.37. The van der Waals surface area contributed by atoms with Crippen LogP contribution < -0.4 is 10.5 Å². The highest BCUT2D eigenvalue weighted by molar-refractivity contribution is 6.00. The van der Waals surface area contributed by atoms with Crippen LogP contribution in [0.25, 0.3) is 33.5 Å². The zero-order valence-electron chi connectivity index (χ0n) is 20.0. The van der Waals surface area contributed by atoms with E-state index in [1.165, 1.54) is 23.7 Å². The lowest BCUT2D eigenvalue weighted by Gasteiger charge is -2.29. The third-order valence-electron chi connectivity index (χ3n) is 7.26. The number of carbonyl (C=O) groups is 1. The quantitative estimate of drug-likeness (QED) is 0.475. The zero-order valence-corrected chi connectivity index (χ0v) is 20.0. The molecule has 34 heavy (non-hydrogen) atoms. The Balaban J connectivity index is 1.48. The smallest absolute Gasteiger partial charge is 0.254 e. The van der Waals surface area contributed by atoms with Crippen molar-refractivity contribution in [1.82, 2.24) is 19.0 Å². The van der Waals surface area contributed by atoms with Crippen molar-refractivity contribution in [2.45, 2.75) is 38.8 Å². The summed E-state index contributed by atoms with van der Waals surface area (Å²) < 4.78 is 10.1. The average Bonchev–Trinajstić information content (AvgIpc) is 3.50. The number of aromatic nitrogens is 3. The van der Waals surface area contributed by atoms with Crippen molar-refractivity contribution in [3.8, 4) is 17.3 Å². The van der Waals surface area contributed by atoms with E-state index in [0.29, 0.717) is 13.1 Å². The number of hydrogen-bond donors (Lipinski definition) is 1. The first-order valence-electron chi connectivity index (χ1n) is 12.1. The summed E-state index contributed by atoms with van der Waals surface area (Å²) in [5.41, 5.74) is 12.0. The van der Waals surface area contributed by atoms with Gasteiger partial charge in [0.15, 0.2) is 5.82 Å². The molecular weight excluding hydrogens is 426 g/mol. The first kappa shape index (κ1) is 21.2. The van der Waals surface area contributed by atoms with Gasteiger partial charge in [-0.25, -0.2) is 4.98 Å². The van der Waals surface area contributed by atoms with Crippen LogP contribution in [0.3, 0.4) is 0 Å². The third kappa shape index (κ3) is 3.46. The summed E-state index contributed by atoms with van der Waals surface area (Å²) in [7, 11) is 3.78. The highest BCUT2D eigenvalue weighted by Gasteiger charge is 2.28. The maximum absolute atomic E-state index is 13.1. The molecule has 0 spiro atoms. The van der Waals surface area contributed by atoms with Crippen molar-refractivity contribution in [3.05, 3.63) is 47.5 Å². The largest absolute Gasteiger partial charge is 0.497 e. The summed E-state index contributed by atoms with van der Waals surface area (Å²) in [6.07, 6.45) is 3.39. The first-order valence-corrected chi connectivity index (χ1v) is 12.1. The van der Waals surface area contributed by atoms with Crippen LogP contribution in [0.2, 0.25) is 0 Å². The standard InChI is InChI=1S/C27H31N5O2/c1-16(28)14-31-9-8-18-10-24-22(13-21(18)27(31)33)29-26(30(24)2)25-11-19-6-7-20(34-3)12-23(19)32(25)15-17-4-5-17/h6-7,10-13,16-17H,4-5,8-9,14-15,28H2,1-3H3. The number of carbonyl (C=O) groups excluding carboxylic acids is 1. The molecule has 7 nitrogen and oxygen atoms in total. The van der Waals surface area contributed by atoms with Gasteiger partial charge in [0.1, 0.15) is 5.75 Å². The average molecular weight is 458 g/mol. The maximum atomic E-state index is 13.1. The Morgan fingerprint density at radius 1 is 1.18 bits per heavy atom. The van der Waals surface area contributed by atoms with Gasteiger partial charge in [0, 0.05) is 49.7 Å². The van der Waals surface area contributed by atoms with Gasteiger partial charge >= 0.3 is 0 Å². The van der Waals surface area contributed by atoms with Gasteiger partial charge in [0.25, 0.3) is 5.91 Å². The van der Waals surface area contributed by atoms with Gasteiger partial charge in [-0.15, -0.1) is 0 Å².